The second-order valence-corrected chi connectivity index (χ2v) is 7.65. The number of rotatable bonds is 7. The number of tetrazole rings is 1. The molecule has 1 atom stereocenters. The summed E-state index contributed by atoms with van der Waals surface area (Å²) in [4.78, 5) is 3.70. The van der Waals surface area contributed by atoms with Crippen molar-refractivity contribution in [1.82, 2.24) is 25.2 Å². The first-order valence-electron chi connectivity index (χ1n) is 10.4. The van der Waals surface area contributed by atoms with Gasteiger partial charge in [-0.3, -0.25) is 4.98 Å². The zero-order chi connectivity index (χ0) is 26.6. The maximum absolute atomic E-state index is 15.7. The van der Waals surface area contributed by atoms with E-state index in [2.05, 4.69) is 37.1 Å². The number of halogens is 6. The largest absolute Gasteiger partial charge is 0.435 e. The van der Waals surface area contributed by atoms with E-state index in [0.717, 1.165) is 29.3 Å². The second-order valence-electron chi connectivity index (χ2n) is 7.65. The van der Waals surface area contributed by atoms with Gasteiger partial charge in [0.25, 0.3) is 0 Å². The van der Waals surface area contributed by atoms with Crippen LogP contribution in [0.25, 0.3) is 0 Å². The minimum absolute atomic E-state index is 0.0550. The molecule has 4 rings (SSSR count). The summed E-state index contributed by atoms with van der Waals surface area (Å²) in [5, 5.41) is 21.2. The Hall–Kier alpha value is -4.44. The molecule has 0 bridgehead atoms. The van der Waals surface area contributed by atoms with Crippen molar-refractivity contribution in [3.05, 3.63) is 101 Å². The average molecular weight is 519 g/mol. The van der Waals surface area contributed by atoms with Gasteiger partial charge in [0, 0.05) is 29.0 Å². The number of pyridine rings is 1. The highest BCUT2D eigenvalue weighted by atomic mass is 19.3. The van der Waals surface area contributed by atoms with Gasteiger partial charge in [-0.2, -0.15) is 17.6 Å². The minimum Gasteiger partial charge on any atom is -0.435 e. The van der Waals surface area contributed by atoms with E-state index in [-0.39, 0.29) is 11.3 Å². The maximum Gasteiger partial charge on any atom is 0.387 e. The zero-order valence-electron chi connectivity index (χ0n) is 18.5. The molecule has 0 amide bonds. The number of aliphatic hydroxyl groups is 1. The number of nitrogens with zero attached hydrogens (tertiary/aromatic N) is 5. The molecule has 37 heavy (non-hydrogen) atoms. The summed E-state index contributed by atoms with van der Waals surface area (Å²) in [6.07, 6.45) is 1.96. The molecule has 0 radical (unpaired) electrons. The summed E-state index contributed by atoms with van der Waals surface area (Å²) in [6, 6.07) is 9.35. The van der Waals surface area contributed by atoms with E-state index >= 15 is 8.78 Å². The van der Waals surface area contributed by atoms with Gasteiger partial charge in [-0.05, 0) is 59.0 Å². The smallest absolute Gasteiger partial charge is 0.387 e. The van der Waals surface area contributed by atoms with E-state index in [9.17, 15) is 22.7 Å². The highest BCUT2D eigenvalue weighted by molar-refractivity contribution is 5.44. The van der Waals surface area contributed by atoms with Crippen LogP contribution in [0.3, 0.4) is 0 Å². The summed E-state index contributed by atoms with van der Waals surface area (Å²) in [5.41, 5.74) is -4.43. The lowest BCUT2D eigenvalue weighted by Crippen LogP contribution is -2.48. The number of ether oxygens (including phenoxy) is 1. The summed E-state index contributed by atoms with van der Waals surface area (Å²) in [5.74, 6) is -1.28. The topological polar surface area (TPSA) is 86.0 Å². The van der Waals surface area contributed by atoms with Crippen molar-refractivity contribution in [2.24, 2.45) is 0 Å². The Morgan fingerprint density at radius 2 is 1.68 bits per heavy atom. The van der Waals surface area contributed by atoms with Crippen molar-refractivity contribution < 1.29 is 36.2 Å². The molecule has 2 aromatic heterocycles. The van der Waals surface area contributed by atoms with Crippen molar-refractivity contribution >= 4 is 0 Å². The fourth-order valence-corrected chi connectivity index (χ4v) is 3.40. The molecule has 0 saturated heterocycles. The third kappa shape index (κ3) is 5.54. The van der Waals surface area contributed by atoms with E-state index < -0.39 is 47.6 Å². The lowest BCUT2D eigenvalue weighted by Gasteiger charge is -2.35. The second kappa shape index (κ2) is 10.3. The highest BCUT2D eigenvalue weighted by Gasteiger charge is 2.57. The molecule has 13 heteroatoms. The first-order chi connectivity index (χ1) is 17.6. The molecule has 0 aliphatic rings. The fraction of sp³-hybridized carbons (Fsp3) is 0.167. The van der Waals surface area contributed by atoms with Crippen molar-refractivity contribution in [1.29, 1.82) is 0 Å². The SMILES string of the molecule is OC(Cn1cnnn1)(c1ccc(F)cc1F)C(F)(F)c1ccc(C#Cc2ccc(OC(F)F)cc2)cn1. The summed E-state index contributed by atoms with van der Waals surface area (Å²) in [7, 11) is 0. The summed E-state index contributed by atoms with van der Waals surface area (Å²) in [6.45, 7) is -3.95. The van der Waals surface area contributed by atoms with Crippen LogP contribution < -0.4 is 4.74 Å². The van der Waals surface area contributed by atoms with Crippen LogP contribution in [-0.4, -0.2) is 36.9 Å². The van der Waals surface area contributed by atoms with Crippen molar-refractivity contribution in [2.45, 2.75) is 24.7 Å². The molecule has 4 aromatic rings. The standard InChI is InChI=1S/C24H15F6N5O2/c25-17-6-9-19(20(26)11-17)23(36,13-35-14-32-33-34-35)24(29,30)21-10-5-16(12-31-21)2-1-15-3-7-18(8-4-15)37-22(27)28/h3-12,14,22,36H,13H2. The van der Waals surface area contributed by atoms with Gasteiger partial charge in [0.15, 0.2) is 5.60 Å². The van der Waals surface area contributed by atoms with Gasteiger partial charge in [-0.25, -0.2) is 13.5 Å². The number of hydrogen-bond acceptors (Lipinski definition) is 6. The van der Waals surface area contributed by atoms with Gasteiger partial charge in [-0.1, -0.05) is 11.8 Å². The first kappa shape index (κ1) is 25.6. The zero-order valence-corrected chi connectivity index (χ0v) is 18.5. The summed E-state index contributed by atoms with van der Waals surface area (Å²) >= 11 is 0. The van der Waals surface area contributed by atoms with Gasteiger partial charge in [0.2, 0.25) is 0 Å². The van der Waals surface area contributed by atoms with Gasteiger partial charge >= 0.3 is 12.5 Å². The van der Waals surface area contributed by atoms with E-state index in [0.29, 0.717) is 17.7 Å². The minimum atomic E-state index is -4.20. The highest BCUT2D eigenvalue weighted by Crippen LogP contribution is 2.46. The Morgan fingerprint density at radius 1 is 0.973 bits per heavy atom. The predicted octanol–water partition coefficient (Wildman–Crippen LogP) is 4.03. The predicted molar refractivity (Wildman–Crippen MR) is 115 cm³/mol. The van der Waals surface area contributed by atoms with E-state index in [1.807, 2.05) is 0 Å². The molecule has 190 valence electrons. The lowest BCUT2D eigenvalue weighted by atomic mass is 9.84. The van der Waals surface area contributed by atoms with Gasteiger partial charge in [0.05, 0.1) is 6.54 Å². The van der Waals surface area contributed by atoms with Crippen LogP contribution >= 0.6 is 0 Å². The Labute approximate surface area is 205 Å². The maximum atomic E-state index is 15.7. The third-order valence-electron chi connectivity index (χ3n) is 5.19. The van der Waals surface area contributed by atoms with Crippen molar-refractivity contribution in [3.63, 3.8) is 0 Å². The van der Waals surface area contributed by atoms with E-state index in [4.69, 9.17) is 0 Å². The van der Waals surface area contributed by atoms with Crippen LogP contribution in [0.1, 0.15) is 22.4 Å². The van der Waals surface area contributed by atoms with Gasteiger partial charge in [0.1, 0.15) is 29.4 Å². The lowest BCUT2D eigenvalue weighted by molar-refractivity contribution is -0.207. The molecule has 0 spiro atoms. The molecule has 0 aliphatic heterocycles. The Morgan fingerprint density at radius 3 is 2.27 bits per heavy atom. The molecular formula is C24H15F6N5O2. The normalized spacial score (nSPS) is 13.1. The first-order valence-corrected chi connectivity index (χ1v) is 10.4. The third-order valence-corrected chi connectivity index (χ3v) is 5.19. The Kier molecular flexibility index (Phi) is 7.12. The molecule has 7 nitrogen and oxygen atoms in total. The fourth-order valence-electron chi connectivity index (χ4n) is 3.40. The van der Waals surface area contributed by atoms with E-state index in [1.54, 1.807) is 0 Å². The van der Waals surface area contributed by atoms with Crippen LogP contribution in [0, 0.1) is 23.5 Å². The van der Waals surface area contributed by atoms with Gasteiger partial charge < -0.3 is 9.84 Å². The molecule has 0 fully saturated rings. The van der Waals surface area contributed by atoms with Crippen molar-refractivity contribution in [2.75, 3.05) is 0 Å². The molecule has 2 heterocycles. The Bertz CT molecular complexity index is 1420. The Balaban J connectivity index is 1.63. The molecule has 1 N–H and O–H groups in total. The number of hydrogen-bond donors (Lipinski definition) is 1. The van der Waals surface area contributed by atoms with Gasteiger partial charge in [-0.15, -0.1) is 5.10 Å². The number of aromatic nitrogens is 5. The van der Waals surface area contributed by atoms with Crippen molar-refractivity contribution in [3.8, 4) is 17.6 Å². The van der Waals surface area contributed by atoms with Crippen LogP contribution in [-0.2, 0) is 18.1 Å². The quantitative estimate of drug-likeness (QED) is 0.293. The monoisotopic (exact) mass is 519 g/mol. The molecule has 2 aromatic carbocycles. The average Bonchev–Trinajstić information content (AvgIpc) is 3.36. The van der Waals surface area contributed by atoms with Crippen LogP contribution in [0.4, 0.5) is 26.3 Å². The molecular weight excluding hydrogens is 504 g/mol. The molecule has 0 saturated carbocycles. The molecule has 1 unspecified atom stereocenters. The summed E-state index contributed by atoms with van der Waals surface area (Å²) < 4.78 is 88.9. The molecule has 0 aliphatic carbocycles. The number of alkyl halides is 4. The van der Waals surface area contributed by atoms with E-state index in [1.165, 1.54) is 30.3 Å². The van der Waals surface area contributed by atoms with Crippen LogP contribution in [0.5, 0.6) is 5.75 Å². The number of benzene rings is 2. The van der Waals surface area contributed by atoms with Crippen LogP contribution in [0.15, 0.2) is 67.1 Å². The van der Waals surface area contributed by atoms with Crippen LogP contribution in [0.2, 0.25) is 0 Å².